The zero-order valence-corrected chi connectivity index (χ0v) is 8.17. The summed E-state index contributed by atoms with van der Waals surface area (Å²) >= 11 is 1.60. The molecular weight excluding hydrogens is 198 g/mol. The SMILES string of the molecule is NCc1ccc(-c2cnc(=O)[nH]c2)s1. The van der Waals surface area contributed by atoms with E-state index in [2.05, 4.69) is 9.97 Å². The Labute approximate surface area is 84.4 Å². The molecule has 2 aromatic heterocycles. The Hall–Kier alpha value is -1.46. The molecule has 5 heteroatoms. The first kappa shape index (κ1) is 9.11. The van der Waals surface area contributed by atoms with E-state index in [9.17, 15) is 4.79 Å². The summed E-state index contributed by atoms with van der Waals surface area (Å²) in [6, 6.07) is 3.95. The molecule has 0 radical (unpaired) electrons. The molecule has 2 aromatic rings. The van der Waals surface area contributed by atoms with E-state index in [1.165, 1.54) is 0 Å². The number of aromatic amines is 1. The summed E-state index contributed by atoms with van der Waals surface area (Å²) in [5.74, 6) is 0. The van der Waals surface area contributed by atoms with Crippen LogP contribution in [0.15, 0.2) is 29.3 Å². The number of hydrogen-bond donors (Lipinski definition) is 2. The van der Waals surface area contributed by atoms with Crippen molar-refractivity contribution >= 4 is 11.3 Å². The van der Waals surface area contributed by atoms with Crippen molar-refractivity contribution in [1.82, 2.24) is 9.97 Å². The Morgan fingerprint density at radius 2 is 2.36 bits per heavy atom. The van der Waals surface area contributed by atoms with E-state index in [0.29, 0.717) is 6.54 Å². The number of hydrogen-bond acceptors (Lipinski definition) is 4. The maximum Gasteiger partial charge on any atom is 0.344 e. The van der Waals surface area contributed by atoms with Crippen molar-refractivity contribution in [1.29, 1.82) is 0 Å². The second-order valence-corrected chi connectivity index (χ2v) is 3.95. The molecule has 0 unspecified atom stereocenters. The highest BCUT2D eigenvalue weighted by Gasteiger charge is 2.01. The molecule has 0 aliphatic rings. The topological polar surface area (TPSA) is 71.8 Å². The van der Waals surface area contributed by atoms with Gasteiger partial charge in [-0.1, -0.05) is 0 Å². The van der Waals surface area contributed by atoms with Gasteiger partial charge in [0.05, 0.1) is 0 Å². The fraction of sp³-hybridized carbons (Fsp3) is 0.111. The fourth-order valence-corrected chi connectivity index (χ4v) is 1.99. The summed E-state index contributed by atoms with van der Waals surface area (Å²) in [6.45, 7) is 0.543. The van der Waals surface area contributed by atoms with E-state index < -0.39 is 0 Å². The van der Waals surface area contributed by atoms with Crippen LogP contribution < -0.4 is 11.4 Å². The second-order valence-electron chi connectivity index (χ2n) is 2.78. The predicted octanol–water partition coefficient (Wildman–Crippen LogP) is 0.957. The molecule has 0 amide bonds. The quantitative estimate of drug-likeness (QED) is 0.770. The van der Waals surface area contributed by atoms with Crippen molar-refractivity contribution in [3.63, 3.8) is 0 Å². The van der Waals surface area contributed by atoms with Gasteiger partial charge >= 0.3 is 5.69 Å². The van der Waals surface area contributed by atoms with Gasteiger partial charge in [-0.25, -0.2) is 9.78 Å². The predicted molar refractivity (Wildman–Crippen MR) is 56.1 cm³/mol. The van der Waals surface area contributed by atoms with E-state index >= 15 is 0 Å². The van der Waals surface area contributed by atoms with Gasteiger partial charge in [0, 0.05) is 34.3 Å². The van der Waals surface area contributed by atoms with E-state index in [4.69, 9.17) is 5.73 Å². The molecule has 0 saturated carbocycles. The van der Waals surface area contributed by atoms with Crippen molar-refractivity contribution in [3.8, 4) is 10.4 Å². The van der Waals surface area contributed by atoms with E-state index in [-0.39, 0.29) is 5.69 Å². The Balaban J connectivity index is 2.39. The van der Waals surface area contributed by atoms with Crippen LogP contribution in [0.2, 0.25) is 0 Å². The highest BCUT2D eigenvalue weighted by Crippen LogP contribution is 2.26. The van der Waals surface area contributed by atoms with Crippen molar-refractivity contribution in [2.24, 2.45) is 5.73 Å². The van der Waals surface area contributed by atoms with Crippen molar-refractivity contribution < 1.29 is 0 Å². The first-order valence-electron chi connectivity index (χ1n) is 4.13. The molecule has 2 heterocycles. The molecule has 0 aliphatic heterocycles. The van der Waals surface area contributed by atoms with Gasteiger partial charge in [-0.15, -0.1) is 11.3 Å². The smallest absolute Gasteiger partial charge is 0.326 e. The van der Waals surface area contributed by atoms with Gasteiger partial charge < -0.3 is 10.7 Å². The lowest BCUT2D eigenvalue weighted by molar-refractivity contribution is 1.08. The lowest BCUT2D eigenvalue weighted by Gasteiger charge is -1.93. The monoisotopic (exact) mass is 207 g/mol. The van der Waals surface area contributed by atoms with Crippen LogP contribution in [-0.4, -0.2) is 9.97 Å². The number of aromatic nitrogens is 2. The van der Waals surface area contributed by atoms with Crippen LogP contribution in [0.5, 0.6) is 0 Å². The summed E-state index contributed by atoms with van der Waals surface area (Å²) in [6.07, 6.45) is 3.21. The molecule has 0 saturated heterocycles. The molecule has 0 bridgehead atoms. The van der Waals surface area contributed by atoms with Gasteiger partial charge in [0.2, 0.25) is 0 Å². The van der Waals surface area contributed by atoms with Crippen molar-refractivity contribution in [3.05, 3.63) is 39.9 Å². The number of H-pyrrole nitrogens is 1. The van der Waals surface area contributed by atoms with Gasteiger partial charge in [-0.05, 0) is 12.1 Å². The molecule has 0 spiro atoms. The minimum Gasteiger partial charge on any atom is -0.326 e. The minimum atomic E-state index is -0.329. The average molecular weight is 207 g/mol. The molecule has 0 fully saturated rings. The van der Waals surface area contributed by atoms with Crippen LogP contribution in [0.3, 0.4) is 0 Å². The normalized spacial score (nSPS) is 10.4. The summed E-state index contributed by atoms with van der Waals surface area (Å²) < 4.78 is 0. The Bertz CT molecular complexity index is 468. The second kappa shape index (κ2) is 3.73. The fourth-order valence-electron chi connectivity index (χ4n) is 1.12. The van der Waals surface area contributed by atoms with Crippen LogP contribution >= 0.6 is 11.3 Å². The largest absolute Gasteiger partial charge is 0.344 e. The van der Waals surface area contributed by atoms with E-state index in [0.717, 1.165) is 15.3 Å². The van der Waals surface area contributed by atoms with Crippen LogP contribution in [0.1, 0.15) is 4.88 Å². The van der Waals surface area contributed by atoms with E-state index in [1.807, 2.05) is 12.1 Å². The molecule has 0 aromatic carbocycles. The van der Waals surface area contributed by atoms with Crippen molar-refractivity contribution in [2.75, 3.05) is 0 Å². The summed E-state index contributed by atoms with van der Waals surface area (Å²) in [5.41, 5.74) is 6.08. The zero-order chi connectivity index (χ0) is 9.97. The molecule has 0 aliphatic carbocycles. The summed E-state index contributed by atoms with van der Waals surface area (Å²) in [7, 11) is 0. The Morgan fingerprint density at radius 1 is 1.50 bits per heavy atom. The average Bonchev–Trinajstić information content (AvgIpc) is 2.67. The standard InChI is InChI=1S/C9H9N3OS/c10-3-7-1-2-8(14-7)6-4-11-9(13)12-5-6/h1-2,4-5H,3,10H2,(H,11,12,13). The van der Waals surface area contributed by atoms with Crippen LogP contribution in [0.25, 0.3) is 10.4 Å². The summed E-state index contributed by atoms with van der Waals surface area (Å²) in [4.78, 5) is 19.1. The Morgan fingerprint density at radius 3 is 2.93 bits per heavy atom. The Kier molecular flexibility index (Phi) is 2.43. The lowest BCUT2D eigenvalue weighted by atomic mass is 10.3. The molecule has 14 heavy (non-hydrogen) atoms. The third kappa shape index (κ3) is 1.73. The highest BCUT2D eigenvalue weighted by molar-refractivity contribution is 7.15. The van der Waals surface area contributed by atoms with Gasteiger partial charge in [0.25, 0.3) is 0 Å². The number of rotatable bonds is 2. The van der Waals surface area contributed by atoms with Crippen LogP contribution in [0, 0.1) is 0 Å². The lowest BCUT2D eigenvalue weighted by Crippen LogP contribution is -2.07. The number of nitrogens with two attached hydrogens (primary N) is 1. The van der Waals surface area contributed by atoms with E-state index in [1.54, 1.807) is 23.7 Å². The van der Waals surface area contributed by atoms with Gasteiger partial charge in [-0.3, -0.25) is 0 Å². The molecule has 0 atom stereocenters. The summed E-state index contributed by atoms with van der Waals surface area (Å²) in [5, 5.41) is 0. The van der Waals surface area contributed by atoms with Gasteiger partial charge in [0.15, 0.2) is 0 Å². The maximum atomic E-state index is 10.7. The van der Waals surface area contributed by atoms with Crippen LogP contribution in [0.4, 0.5) is 0 Å². The van der Waals surface area contributed by atoms with Gasteiger partial charge in [-0.2, -0.15) is 0 Å². The number of nitrogens with zero attached hydrogens (tertiary/aromatic N) is 1. The molecule has 2 rings (SSSR count). The third-order valence-corrected chi connectivity index (χ3v) is 2.98. The number of thiophene rings is 1. The zero-order valence-electron chi connectivity index (χ0n) is 7.36. The highest BCUT2D eigenvalue weighted by atomic mass is 32.1. The van der Waals surface area contributed by atoms with Crippen molar-refractivity contribution in [2.45, 2.75) is 6.54 Å². The number of nitrogens with one attached hydrogen (secondary N) is 1. The molecule has 3 N–H and O–H groups in total. The molecule has 4 nitrogen and oxygen atoms in total. The first-order chi connectivity index (χ1) is 6.79. The molecule has 72 valence electrons. The first-order valence-corrected chi connectivity index (χ1v) is 4.95. The maximum absolute atomic E-state index is 10.7. The van der Waals surface area contributed by atoms with Crippen LogP contribution in [-0.2, 0) is 6.54 Å². The minimum absolute atomic E-state index is 0.329. The van der Waals surface area contributed by atoms with Gasteiger partial charge in [0.1, 0.15) is 0 Å². The molecular formula is C9H9N3OS. The third-order valence-electron chi connectivity index (χ3n) is 1.82.